The molecule has 7 heteroatoms. The minimum Gasteiger partial charge on any atom is -0.396 e. The summed E-state index contributed by atoms with van der Waals surface area (Å²) in [6.07, 6.45) is 4.13. The van der Waals surface area contributed by atoms with Gasteiger partial charge in [0.25, 0.3) is 0 Å². The number of nitrogens with zero attached hydrogens (tertiary/aromatic N) is 1. The fourth-order valence-corrected chi connectivity index (χ4v) is 3.22. The largest absolute Gasteiger partial charge is 0.396 e. The molecule has 118 valence electrons. The summed E-state index contributed by atoms with van der Waals surface area (Å²) in [6.45, 7) is 3.63. The molecule has 0 radical (unpaired) electrons. The molecule has 1 unspecified atom stereocenters. The zero-order valence-electron chi connectivity index (χ0n) is 12.3. The van der Waals surface area contributed by atoms with E-state index in [0.29, 0.717) is 32.5 Å². The van der Waals surface area contributed by atoms with Crippen LogP contribution in [0, 0.1) is 11.8 Å². The summed E-state index contributed by atoms with van der Waals surface area (Å²) < 4.78 is 24.2. The Kier molecular flexibility index (Phi) is 6.91. The SMILES string of the molecule is CC(CO)CCCNC(=O)C1CCN(S(C)(=O)=O)CC1. The number of amides is 1. The average molecular weight is 306 g/mol. The van der Waals surface area contributed by atoms with E-state index in [-0.39, 0.29) is 24.3 Å². The number of nitrogens with one attached hydrogen (secondary N) is 1. The van der Waals surface area contributed by atoms with Gasteiger partial charge in [-0.2, -0.15) is 0 Å². The van der Waals surface area contributed by atoms with E-state index in [2.05, 4.69) is 5.32 Å². The van der Waals surface area contributed by atoms with Crippen molar-refractivity contribution in [1.29, 1.82) is 0 Å². The van der Waals surface area contributed by atoms with Crippen LogP contribution in [0.3, 0.4) is 0 Å². The Labute approximate surface area is 121 Å². The van der Waals surface area contributed by atoms with E-state index in [1.54, 1.807) is 0 Å². The number of piperidine rings is 1. The van der Waals surface area contributed by atoms with Crippen LogP contribution in [0.2, 0.25) is 0 Å². The van der Waals surface area contributed by atoms with E-state index >= 15 is 0 Å². The maximum atomic E-state index is 11.9. The van der Waals surface area contributed by atoms with Crippen LogP contribution < -0.4 is 5.32 Å². The van der Waals surface area contributed by atoms with Crippen LogP contribution in [0.15, 0.2) is 0 Å². The molecule has 0 aromatic carbocycles. The van der Waals surface area contributed by atoms with Gasteiger partial charge in [0.05, 0.1) is 6.26 Å². The molecule has 1 heterocycles. The van der Waals surface area contributed by atoms with E-state index in [1.807, 2.05) is 6.92 Å². The molecule has 1 rings (SSSR count). The Balaban J connectivity index is 2.23. The second-order valence-corrected chi connectivity index (χ2v) is 7.64. The second-order valence-electron chi connectivity index (χ2n) is 5.66. The quantitative estimate of drug-likeness (QED) is 0.657. The van der Waals surface area contributed by atoms with Crippen molar-refractivity contribution in [2.75, 3.05) is 32.5 Å². The van der Waals surface area contributed by atoms with Crippen LogP contribution in [0.5, 0.6) is 0 Å². The predicted molar refractivity (Wildman–Crippen MR) is 77.6 cm³/mol. The molecule has 1 saturated heterocycles. The zero-order chi connectivity index (χ0) is 15.2. The first-order valence-corrected chi connectivity index (χ1v) is 9.03. The molecule has 2 N–H and O–H groups in total. The van der Waals surface area contributed by atoms with Crippen LogP contribution in [0.25, 0.3) is 0 Å². The molecular weight excluding hydrogens is 280 g/mol. The number of carbonyl (C=O) groups is 1. The van der Waals surface area contributed by atoms with Crippen molar-refractivity contribution in [2.24, 2.45) is 11.8 Å². The molecule has 1 aliphatic rings. The van der Waals surface area contributed by atoms with Gasteiger partial charge in [-0.1, -0.05) is 6.92 Å². The van der Waals surface area contributed by atoms with Crippen molar-refractivity contribution < 1.29 is 18.3 Å². The third kappa shape index (κ3) is 5.76. The molecule has 0 saturated carbocycles. The Morgan fingerprint density at radius 1 is 1.40 bits per heavy atom. The summed E-state index contributed by atoms with van der Waals surface area (Å²) >= 11 is 0. The fourth-order valence-electron chi connectivity index (χ4n) is 2.35. The van der Waals surface area contributed by atoms with Crippen LogP contribution in [0.1, 0.15) is 32.6 Å². The van der Waals surface area contributed by atoms with Gasteiger partial charge in [0.2, 0.25) is 15.9 Å². The topological polar surface area (TPSA) is 86.7 Å². The van der Waals surface area contributed by atoms with Gasteiger partial charge < -0.3 is 10.4 Å². The Morgan fingerprint density at radius 2 is 2.00 bits per heavy atom. The maximum absolute atomic E-state index is 11.9. The van der Waals surface area contributed by atoms with Gasteiger partial charge in [-0.25, -0.2) is 12.7 Å². The minimum atomic E-state index is -3.13. The predicted octanol–water partition coefficient (Wildman–Crippen LogP) is 0.183. The fraction of sp³-hybridized carbons (Fsp3) is 0.923. The summed E-state index contributed by atoms with van der Waals surface area (Å²) in [5.74, 6) is 0.211. The molecule has 20 heavy (non-hydrogen) atoms. The highest BCUT2D eigenvalue weighted by Crippen LogP contribution is 2.19. The lowest BCUT2D eigenvalue weighted by atomic mass is 9.97. The smallest absolute Gasteiger partial charge is 0.223 e. The summed E-state index contributed by atoms with van der Waals surface area (Å²) in [5.41, 5.74) is 0. The van der Waals surface area contributed by atoms with Crippen LogP contribution in [-0.4, -0.2) is 56.2 Å². The van der Waals surface area contributed by atoms with Gasteiger partial charge >= 0.3 is 0 Å². The summed E-state index contributed by atoms with van der Waals surface area (Å²) in [4.78, 5) is 11.9. The average Bonchev–Trinajstić information content (AvgIpc) is 2.42. The number of hydrogen-bond donors (Lipinski definition) is 2. The van der Waals surface area contributed by atoms with E-state index in [0.717, 1.165) is 12.8 Å². The molecular formula is C13H26N2O4S. The number of rotatable bonds is 7. The van der Waals surface area contributed by atoms with Crippen molar-refractivity contribution in [1.82, 2.24) is 9.62 Å². The van der Waals surface area contributed by atoms with Crippen molar-refractivity contribution in [3.05, 3.63) is 0 Å². The first-order valence-electron chi connectivity index (χ1n) is 7.18. The third-order valence-electron chi connectivity index (χ3n) is 3.78. The molecule has 0 aromatic rings. The number of sulfonamides is 1. The highest BCUT2D eigenvalue weighted by atomic mass is 32.2. The first kappa shape index (κ1) is 17.4. The molecule has 0 aliphatic carbocycles. The van der Waals surface area contributed by atoms with Gasteiger partial charge in [0.15, 0.2) is 0 Å². The molecule has 6 nitrogen and oxygen atoms in total. The molecule has 1 fully saturated rings. The minimum absolute atomic E-state index is 0.0230. The number of carbonyl (C=O) groups excluding carboxylic acids is 1. The van der Waals surface area contributed by atoms with Crippen LogP contribution >= 0.6 is 0 Å². The first-order chi connectivity index (χ1) is 9.34. The Hall–Kier alpha value is -0.660. The van der Waals surface area contributed by atoms with Crippen LogP contribution in [0.4, 0.5) is 0 Å². The van der Waals surface area contributed by atoms with Gasteiger partial charge in [0, 0.05) is 32.2 Å². The normalized spacial score (nSPS) is 19.8. The highest BCUT2D eigenvalue weighted by molar-refractivity contribution is 7.88. The van der Waals surface area contributed by atoms with E-state index in [9.17, 15) is 13.2 Å². The molecule has 1 amide bonds. The number of aliphatic hydroxyl groups excluding tert-OH is 1. The van der Waals surface area contributed by atoms with Crippen molar-refractivity contribution in [3.8, 4) is 0 Å². The van der Waals surface area contributed by atoms with Crippen molar-refractivity contribution in [3.63, 3.8) is 0 Å². The lowest BCUT2D eigenvalue weighted by molar-refractivity contribution is -0.126. The van der Waals surface area contributed by atoms with Crippen LogP contribution in [-0.2, 0) is 14.8 Å². The summed E-state index contributed by atoms with van der Waals surface area (Å²) in [7, 11) is -3.13. The van der Waals surface area contributed by atoms with Crippen molar-refractivity contribution in [2.45, 2.75) is 32.6 Å². The highest BCUT2D eigenvalue weighted by Gasteiger charge is 2.28. The number of aliphatic hydroxyl groups is 1. The maximum Gasteiger partial charge on any atom is 0.223 e. The van der Waals surface area contributed by atoms with E-state index < -0.39 is 10.0 Å². The van der Waals surface area contributed by atoms with Gasteiger partial charge in [-0.3, -0.25) is 4.79 Å². The third-order valence-corrected chi connectivity index (χ3v) is 5.08. The Morgan fingerprint density at radius 3 is 2.50 bits per heavy atom. The number of hydrogen-bond acceptors (Lipinski definition) is 4. The Bertz CT molecular complexity index is 403. The molecule has 1 atom stereocenters. The molecule has 0 aromatic heterocycles. The standard InChI is InChI=1S/C13H26N2O4S/c1-11(10-16)4-3-7-14-13(17)12-5-8-15(9-6-12)20(2,18)19/h11-12,16H,3-10H2,1-2H3,(H,14,17). The van der Waals surface area contributed by atoms with Crippen molar-refractivity contribution >= 4 is 15.9 Å². The second kappa shape index (κ2) is 7.95. The summed E-state index contributed by atoms with van der Waals surface area (Å²) in [5, 5.41) is 11.8. The van der Waals surface area contributed by atoms with Gasteiger partial charge in [-0.05, 0) is 31.6 Å². The lowest BCUT2D eigenvalue weighted by Gasteiger charge is -2.29. The molecule has 0 bridgehead atoms. The molecule has 1 aliphatic heterocycles. The molecule has 0 spiro atoms. The van der Waals surface area contributed by atoms with E-state index in [1.165, 1.54) is 10.6 Å². The van der Waals surface area contributed by atoms with E-state index in [4.69, 9.17) is 5.11 Å². The zero-order valence-corrected chi connectivity index (χ0v) is 13.2. The monoisotopic (exact) mass is 306 g/mol. The van der Waals surface area contributed by atoms with Gasteiger partial charge in [0.1, 0.15) is 0 Å². The summed E-state index contributed by atoms with van der Waals surface area (Å²) in [6, 6.07) is 0. The van der Waals surface area contributed by atoms with Gasteiger partial charge in [-0.15, -0.1) is 0 Å². The lowest BCUT2D eigenvalue weighted by Crippen LogP contribution is -2.42.